The number of nitrogens with zero attached hydrogens (tertiary/aromatic N) is 2. The van der Waals surface area contributed by atoms with E-state index in [-0.39, 0.29) is 23.4 Å². The summed E-state index contributed by atoms with van der Waals surface area (Å²) in [6.07, 6.45) is 0. The number of carbonyl (C=O) groups excluding carboxylic acids is 2. The maximum absolute atomic E-state index is 12.8. The smallest absolute Gasteiger partial charge is 0.336 e. The van der Waals surface area contributed by atoms with Gasteiger partial charge in [-0.1, -0.05) is 26.0 Å². The topological polar surface area (TPSA) is 80.1 Å². The lowest BCUT2D eigenvalue weighted by Crippen LogP contribution is -2.51. The minimum atomic E-state index is -0.384. The highest BCUT2D eigenvalue weighted by molar-refractivity contribution is 5.94. The van der Waals surface area contributed by atoms with Crippen molar-refractivity contribution in [2.24, 2.45) is 5.92 Å². The minimum Gasteiger partial charge on any atom is -0.489 e. The molecule has 7 nitrogen and oxygen atoms in total. The second-order valence-electron chi connectivity index (χ2n) is 8.66. The summed E-state index contributed by atoms with van der Waals surface area (Å²) in [5.74, 6) is 0.679. The average Bonchev–Trinajstić information content (AvgIpc) is 2.82. The summed E-state index contributed by atoms with van der Waals surface area (Å²) in [6, 6.07) is 14.2. The molecule has 1 aliphatic rings. The minimum absolute atomic E-state index is 0.0284. The molecule has 1 aromatic heterocycles. The van der Waals surface area contributed by atoms with Crippen LogP contribution in [0.5, 0.6) is 5.75 Å². The molecule has 0 bridgehead atoms. The van der Waals surface area contributed by atoms with Gasteiger partial charge in [-0.25, -0.2) is 4.79 Å². The van der Waals surface area contributed by atoms with Gasteiger partial charge in [0, 0.05) is 55.2 Å². The first-order valence-electron chi connectivity index (χ1n) is 11.2. The lowest BCUT2D eigenvalue weighted by atomic mass is 10.1. The average molecular weight is 449 g/mol. The van der Waals surface area contributed by atoms with Crippen LogP contribution in [0.2, 0.25) is 0 Å². The van der Waals surface area contributed by atoms with Crippen molar-refractivity contribution in [3.05, 3.63) is 75.6 Å². The zero-order valence-corrected chi connectivity index (χ0v) is 19.2. The molecule has 1 aliphatic heterocycles. The first-order chi connectivity index (χ1) is 15.8. The van der Waals surface area contributed by atoms with Gasteiger partial charge in [-0.05, 0) is 42.3 Å². The number of hydrogen-bond acceptors (Lipinski definition) is 5. The van der Waals surface area contributed by atoms with Crippen molar-refractivity contribution in [2.75, 3.05) is 26.2 Å². The van der Waals surface area contributed by atoms with Crippen LogP contribution >= 0.6 is 0 Å². The molecule has 0 saturated carbocycles. The molecule has 33 heavy (non-hydrogen) atoms. The Hall–Kier alpha value is -3.61. The van der Waals surface area contributed by atoms with Gasteiger partial charge in [0.05, 0.1) is 0 Å². The van der Waals surface area contributed by atoms with Gasteiger partial charge in [-0.15, -0.1) is 0 Å². The van der Waals surface area contributed by atoms with Crippen molar-refractivity contribution in [2.45, 2.75) is 27.4 Å². The van der Waals surface area contributed by atoms with Crippen molar-refractivity contribution < 1.29 is 18.7 Å². The molecule has 0 radical (unpaired) electrons. The summed E-state index contributed by atoms with van der Waals surface area (Å²) in [4.78, 5) is 40.2. The van der Waals surface area contributed by atoms with Crippen LogP contribution in [-0.4, -0.2) is 47.8 Å². The molecular weight excluding hydrogens is 420 g/mol. The lowest BCUT2D eigenvalue weighted by molar-refractivity contribution is -0.135. The van der Waals surface area contributed by atoms with Gasteiger partial charge in [0.2, 0.25) is 5.91 Å². The van der Waals surface area contributed by atoms with Crippen molar-refractivity contribution in [3.63, 3.8) is 0 Å². The maximum atomic E-state index is 12.8. The number of carbonyl (C=O) groups is 2. The van der Waals surface area contributed by atoms with Gasteiger partial charge in [0.15, 0.2) is 0 Å². The summed E-state index contributed by atoms with van der Waals surface area (Å²) < 4.78 is 11.1. The third-order valence-corrected chi connectivity index (χ3v) is 5.90. The molecule has 0 atom stereocenters. The summed E-state index contributed by atoms with van der Waals surface area (Å²) in [6.45, 7) is 8.20. The number of rotatable bonds is 5. The fraction of sp³-hybridized carbons (Fsp3) is 0.346. The van der Waals surface area contributed by atoms with E-state index in [9.17, 15) is 14.4 Å². The molecule has 0 unspecified atom stereocenters. The van der Waals surface area contributed by atoms with Gasteiger partial charge >= 0.3 is 5.63 Å². The molecular formula is C26H28N2O5. The summed E-state index contributed by atoms with van der Waals surface area (Å²) in [7, 11) is 0. The van der Waals surface area contributed by atoms with Crippen LogP contribution in [0.15, 0.2) is 57.7 Å². The normalized spacial score (nSPS) is 14.1. The highest BCUT2D eigenvalue weighted by Crippen LogP contribution is 2.23. The maximum Gasteiger partial charge on any atom is 0.336 e. The Bertz CT molecular complexity index is 1220. The quantitative estimate of drug-likeness (QED) is 0.557. The molecule has 1 saturated heterocycles. The van der Waals surface area contributed by atoms with Gasteiger partial charge in [0.25, 0.3) is 5.91 Å². The predicted molar refractivity (Wildman–Crippen MR) is 125 cm³/mol. The summed E-state index contributed by atoms with van der Waals surface area (Å²) in [5, 5.41) is 0.874. The SMILES string of the molecule is Cc1cc(=O)oc2cc(OCc3ccc(C(=O)N4CCN(C(=O)C(C)C)CC4)cc3)ccc12. The van der Waals surface area contributed by atoms with E-state index in [0.29, 0.717) is 49.7 Å². The molecule has 4 rings (SSSR count). The number of amides is 2. The standard InChI is InChI=1S/C26H28N2O5/c1-17(2)25(30)27-10-12-28(13-11-27)26(31)20-6-4-19(5-7-20)16-32-21-8-9-22-18(3)14-24(29)33-23(22)15-21/h4-9,14-15,17H,10-13,16H2,1-3H3. The van der Waals surface area contributed by atoms with E-state index >= 15 is 0 Å². The van der Waals surface area contributed by atoms with Gasteiger partial charge in [0.1, 0.15) is 17.9 Å². The zero-order chi connectivity index (χ0) is 23.5. The Morgan fingerprint density at radius 3 is 2.30 bits per heavy atom. The first-order valence-corrected chi connectivity index (χ1v) is 11.2. The van der Waals surface area contributed by atoms with E-state index in [1.165, 1.54) is 6.07 Å². The van der Waals surface area contributed by atoms with Crippen LogP contribution in [0, 0.1) is 12.8 Å². The highest BCUT2D eigenvalue weighted by Gasteiger charge is 2.25. The summed E-state index contributed by atoms with van der Waals surface area (Å²) >= 11 is 0. The second-order valence-corrected chi connectivity index (χ2v) is 8.66. The van der Waals surface area contributed by atoms with Crippen LogP contribution in [0.1, 0.15) is 35.3 Å². The number of aryl methyl sites for hydroxylation is 1. The van der Waals surface area contributed by atoms with Gasteiger partial charge < -0.3 is 19.0 Å². The van der Waals surface area contributed by atoms with E-state index in [4.69, 9.17) is 9.15 Å². The predicted octanol–water partition coefficient (Wildman–Crippen LogP) is 3.62. The van der Waals surface area contributed by atoms with Crippen LogP contribution in [0.3, 0.4) is 0 Å². The number of ether oxygens (including phenoxy) is 1. The van der Waals surface area contributed by atoms with Gasteiger partial charge in [-0.2, -0.15) is 0 Å². The van der Waals surface area contributed by atoms with Crippen LogP contribution in [0.4, 0.5) is 0 Å². The molecule has 2 heterocycles. The molecule has 0 aliphatic carbocycles. The fourth-order valence-corrected chi connectivity index (χ4v) is 3.98. The van der Waals surface area contributed by atoms with E-state index in [2.05, 4.69) is 0 Å². The Morgan fingerprint density at radius 2 is 1.64 bits per heavy atom. The lowest BCUT2D eigenvalue weighted by Gasteiger charge is -2.35. The number of fused-ring (bicyclic) bond motifs is 1. The second kappa shape index (κ2) is 9.48. The highest BCUT2D eigenvalue weighted by atomic mass is 16.5. The van der Waals surface area contributed by atoms with Crippen molar-refractivity contribution >= 4 is 22.8 Å². The molecule has 0 N–H and O–H groups in total. The molecule has 1 fully saturated rings. The Balaban J connectivity index is 1.35. The van der Waals surface area contributed by atoms with E-state index in [1.807, 2.05) is 49.9 Å². The third-order valence-electron chi connectivity index (χ3n) is 5.90. The first kappa shape index (κ1) is 22.6. The molecule has 2 amide bonds. The van der Waals surface area contributed by atoms with Crippen LogP contribution in [0.25, 0.3) is 11.0 Å². The number of benzene rings is 2. The molecule has 0 spiro atoms. The van der Waals surface area contributed by atoms with Crippen molar-refractivity contribution in [1.82, 2.24) is 9.80 Å². The molecule has 7 heteroatoms. The number of hydrogen-bond donors (Lipinski definition) is 0. The van der Waals surface area contributed by atoms with Crippen LogP contribution in [-0.2, 0) is 11.4 Å². The molecule has 3 aromatic rings. The third kappa shape index (κ3) is 5.08. The van der Waals surface area contributed by atoms with E-state index in [0.717, 1.165) is 16.5 Å². The Kier molecular flexibility index (Phi) is 6.49. The van der Waals surface area contributed by atoms with Gasteiger partial charge in [-0.3, -0.25) is 9.59 Å². The monoisotopic (exact) mass is 448 g/mol. The van der Waals surface area contributed by atoms with E-state index < -0.39 is 0 Å². The van der Waals surface area contributed by atoms with E-state index in [1.54, 1.807) is 23.1 Å². The molecule has 2 aromatic carbocycles. The number of piperazine rings is 1. The molecule has 172 valence electrons. The van der Waals surface area contributed by atoms with Crippen molar-refractivity contribution in [3.8, 4) is 5.75 Å². The van der Waals surface area contributed by atoms with Crippen LogP contribution < -0.4 is 10.4 Å². The zero-order valence-electron chi connectivity index (χ0n) is 19.2. The fourth-order valence-electron chi connectivity index (χ4n) is 3.98. The largest absolute Gasteiger partial charge is 0.489 e. The Labute approximate surface area is 192 Å². The summed E-state index contributed by atoms with van der Waals surface area (Å²) in [5.41, 5.74) is 2.51. The Morgan fingerprint density at radius 1 is 0.970 bits per heavy atom. The van der Waals surface area contributed by atoms with Crippen molar-refractivity contribution in [1.29, 1.82) is 0 Å².